The number of likely N-dealkylation sites (tertiary alicyclic amines) is 1. The van der Waals surface area contributed by atoms with Crippen molar-refractivity contribution in [2.24, 2.45) is 0 Å². The number of nitrogens with one attached hydrogen (secondary N) is 1. The van der Waals surface area contributed by atoms with Gasteiger partial charge in [-0.05, 0) is 38.3 Å². The summed E-state index contributed by atoms with van der Waals surface area (Å²) >= 11 is 0. The van der Waals surface area contributed by atoms with Crippen LogP contribution >= 0.6 is 0 Å². The Balaban J connectivity index is 1.38. The second kappa shape index (κ2) is 8.62. The van der Waals surface area contributed by atoms with Crippen molar-refractivity contribution < 1.29 is 13.9 Å². The van der Waals surface area contributed by atoms with Gasteiger partial charge in [0, 0.05) is 32.3 Å². The number of nitrogens with zero attached hydrogens (tertiary/aromatic N) is 6. The van der Waals surface area contributed by atoms with Crippen molar-refractivity contribution >= 4 is 17.5 Å². The Kier molecular flexibility index (Phi) is 5.52. The summed E-state index contributed by atoms with van der Waals surface area (Å²) < 4.78 is 22.2. The molecule has 32 heavy (non-hydrogen) atoms. The van der Waals surface area contributed by atoms with Gasteiger partial charge in [0.05, 0.1) is 30.0 Å². The van der Waals surface area contributed by atoms with Crippen LogP contribution in [0.3, 0.4) is 0 Å². The van der Waals surface area contributed by atoms with E-state index >= 15 is 0 Å². The lowest BCUT2D eigenvalue weighted by Crippen LogP contribution is -2.42. The van der Waals surface area contributed by atoms with Gasteiger partial charge in [0.15, 0.2) is 5.82 Å². The monoisotopic (exact) mass is 437 g/mol. The average molecular weight is 437 g/mol. The molecule has 9 nitrogen and oxygen atoms in total. The highest BCUT2D eigenvalue weighted by atomic mass is 19.1. The van der Waals surface area contributed by atoms with Gasteiger partial charge >= 0.3 is 0 Å². The smallest absolute Gasteiger partial charge is 0.272 e. The zero-order chi connectivity index (χ0) is 22.1. The third-order valence-corrected chi connectivity index (χ3v) is 5.91. The van der Waals surface area contributed by atoms with Gasteiger partial charge in [-0.3, -0.25) is 4.79 Å². The van der Waals surface area contributed by atoms with Crippen molar-refractivity contribution in [3.8, 4) is 11.4 Å². The standard InChI is InChI=1S/C22H24FN7O2/c1-14-24-13-19(30(14)16-5-9-32-10-6-16)20-17(23)12-26-22(28-20)27-15-3-4-18(25-11-15)21(31)29-7-2-8-29/h3-4,11-13,16H,2,5-10H2,1H3,(H,26,27,28). The summed E-state index contributed by atoms with van der Waals surface area (Å²) in [4.78, 5) is 31.2. The maximum atomic E-state index is 14.7. The normalized spacial score (nSPS) is 16.6. The number of hydrogen-bond acceptors (Lipinski definition) is 7. The van der Waals surface area contributed by atoms with Crippen molar-refractivity contribution in [2.45, 2.75) is 32.2 Å². The first-order valence-electron chi connectivity index (χ1n) is 10.8. The Morgan fingerprint density at radius 3 is 2.62 bits per heavy atom. The Bertz CT molecular complexity index is 1120. The molecule has 0 unspecified atom stereocenters. The van der Waals surface area contributed by atoms with Crippen LogP contribution < -0.4 is 5.32 Å². The molecule has 1 amide bonds. The molecule has 0 radical (unpaired) electrons. The van der Waals surface area contributed by atoms with Crippen LogP contribution in [0.1, 0.15) is 41.6 Å². The number of imidazole rings is 1. The number of pyridine rings is 1. The molecule has 1 N–H and O–H groups in total. The quantitative estimate of drug-likeness (QED) is 0.655. The number of carbonyl (C=O) groups is 1. The van der Waals surface area contributed by atoms with Crippen LogP contribution in [0.4, 0.5) is 16.0 Å². The van der Waals surface area contributed by atoms with Crippen LogP contribution in [0.5, 0.6) is 0 Å². The average Bonchev–Trinajstić information content (AvgIpc) is 3.16. The fourth-order valence-corrected chi connectivity index (χ4v) is 4.04. The summed E-state index contributed by atoms with van der Waals surface area (Å²) in [6.45, 7) is 4.80. The van der Waals surface area contributed by atoms with Gasteiger partial charge in [0.2, 0.25) is 5.95 Å². The summed E-state index contributed by atoms with van der Waals surface area (Å²) in [6, 6.07) is 3.59. The molecule has 3 aromatic heterocycles. The number of rotatable bonds is 5. The molecule has 2 aliphatic rings. The number of carbonyl (C=O) groups excluding carboxylic acids is 1. The van der Waals surface area contributed by atoms with Crippen molar-refractivity contribution in [1.82, 2.24) is 29.4 Å². The molecular weight excluding hydrogens is 413 g/mol. The van der Waals surface area contributed by atoms with E-state index in [0.717, 1.165) is 44.4 Å². The molecule has 0 saturated carbocycles. The van der Waals surface area contributed by atoms with Crippen molar-refractivity contribution in [3.05, 3.63) is 48.1 Å². The highest BCUT2D eigenvalue weighted by Crippen LogP contribution is 2.31. The molecule has 0 atom stereocenters. The van der Waals surface area contributed by atoms with Gasteiger partial charge in [0.25, 0.3) is 5.91 Å². The van der Waals surface area contributed by atoms with Crippen molar-refractivity contribution in [1.29, 1.82) is 0 Å². The Morgan fingerprint density at radius 2 is 1.94 bits per heavy atom. The summed E-state index contributed by atoms with van der Waals surface area (Å²) in [5.74, 6) is 0.464. The fraction of sp³-hybridized carbons (Fsp3) is 0.409. The number of hydrogen-bond donors (Lipinski definition) is 1. The number of aromatic nitrogens is 5. The fourth-order valence-electron chi connectivity index (χ4n) is 4.04. The minimum atomic E-state index is -0.516. The summed E-state index contributed by atoms with van der Waals surface area (Å²) in [5.41, 5.74) is 1.81. The predicted octanol–water partition coefficient (Wildman–Crippen LogP) is 3.12. The second-order valence-electron chi connectivity index (χ2n) is 8.00. The van der Waals surface area contributed by atoms with Crippen LogP contribution in [0.25, 0.3) is 11.4 Å². The Hall–Kier alpha value is -3.40. The van der Waals surface area contributed by atoms with E-state index in [1.54, 1.807) is 29.4 Å². The molecule has 10 heteroatoms. The van der Waals surface area contributed by atoms with Crippen LogP contribution in [0, 0.1) is 12.7 Å². The lowest BCUT2D eigenvalue weighted by molar-refractivity contribution is 0.0645. The van der Waals surface area contributed by atoms with Gasteiger partial charge in [0.1, 0.15) is 17.2 Å². The molecule has 2 saturated heterocycles. The van der Waals surface area contributed by atoms with Gasteiger partial charge in [-0.15, -0.1) is 0 Å². The maximum Gasteiger partial charge on any atom is 0.272 e. The molecular formula is C22H24FN7O2. The van der Waals surface area contributed by atoms with Gasteiger partial charge in [-0.1, -0.05) is 0 Å². The van der Waals surface area contributed by atoms with E-state index in [0.29, 0.717) is 30.3 Å². The lowest BCUT2D eigenvalue weighted by Gasteiger charge is -2.30. The number of anilines is 2. The number of halogens is 1. The van der Waals surface area contributed by atoms with E-state index < -0.39 is 5.82 Å². The molecule has 2 aliphatic heterocycles. The van der Waals surface area contributed by atoms with E-state index in [1.807, 2.05) is 11.5 Å². The Labute approximate surface area is 184 Å². The van der Waals surface area contributed by atoms with Crippen LogP contribution in [0.2, 0.25) is 0 Å². The zero-order valence-corrected chi connectivity index (χ0v) is 17.8. The largest absolute Gasteiger partial charge is 0.381 e. The first kappa shape index (κ1) is 20.5. The Morgan fingerprint density at radius 1 is 1.12 bits per heavy atom. The van der Waals surface area contributed by atoms with Crippen LogP contribution in [-0.4, -0.2) is 61.6 Å². The van der Waals surface area contributed by atoms with E-state index in [1.165, 1.54) is 0 Å². The van der Waals surface area contributed by atoms with Crippen LogP contribution in [-0.2, 0) is 4.74 Å². The third-order valence-electron chi connectivity index (χ3n) is 5.91. The summed E-state index contributed by atoms with van der Waals surface area (Å²) in [6.07, 6.45) is 7.07. The molecule has 0 spiro atoms. The molecule has 5 heterocycles. The molecule has 2 fully saturated rings. The molecule has 5 rings (SSSR count). The highest BCUT2D eigenvalue weighted by Gasteiger charge is 2.24. The summed E-state index contributed by atoms with van der Waals surface area (Å²) in [7, 11) is 0. The van der Waals surface area contributed by atoms with Crippen molar-refractivity contribution in [2.75, 3.05) is 31.6 Å². The van der Waals surface area contributed by atoms with Crippen LogP contribution in [0.15, 0.2) is 30.7 Å². The highest BCUT2D eigenvalue weighted by molar-refractivity contribution is 5.93. The number of amides is 1. The number of ether oxygens (including phenoxy) is 1. The predicted molar refractivity (Wildman–Crippen MR) is 115 cm³/mol. The maximum absolute atomic E-state index is 14.7. The lowest BCUT2D eigenvalue weighted by atomic mass is 10.1. The summed E-state index contributed by atoms with van der Waals surface area (Å²) in [5, 5.41) is 3.04. The van der Waals surface area contributed by atoms with Gasteiger partial charge in [-0.2, -0.15) is 0 Å². The molecule has 0 bridgehead atoms. The number of aryl methyl sites for hydroxylation is 1. The van der Waals surface area contributed by atoms with E-state index in [-0.39, 0.29) is 23.6 Å². The van der Waals surface area contributed by atoms with Gasteiger partial charge < -0.3 is 19.5 Å². The van der Waals surface area contributed by atoms with Crippen molar-refractivity contribution in [3.63, 3.8) is 0 Å². The van der Waals surface area contributed by atoms with E-state index in [2.05, 4.69) is 25.3 Å². The first-order valence-corrected chi connectivity index (χ1v) is 10.8. The van der Waals surface area contributed by atoms with E-state index in [4.69, 9.17) is 4.74 Å². The minimum Gasteiger partial charge on any atom is -0.381 e. The first-order chi connectivity index (χ1) is 15.6. The topological polar surface area (TPSA) is 98.1 Å². The molecule has 166 valence electrons. The SMILES string of the molecule is Cc1ncc(-c2nc(Nc3ccc(C(=O)N4CCC4)nc3)ncc2F)n1C1CCOCC1. The van der Waals surface area contributed by atoms with E-state index in [9.17, 15) is 9.18 Å². The molecule has 3 aromatic rings. The minimum absolute atomic E-state index is 0.0696. The second-order valence-corrected chi connectivity index (χ2v) is 8.00. The van der Waals surface area contributed by atoms with Gasteiger partial charge in [-0.25, -0.2) is 24.3 Å². The third kappa shape index (κ3) is 3.93. The zero-order valence-electron chi connectivity index (χ0n) is 17.8. The molecule has 0 aliphatic carbocycles. The molecule has 0 aromatic carbocycles.